The van der Waals surface area contributed by atoms with Crippen molar-refractivity contribution in [2.24, 2.45) is 5.92 Å². The molecule has 1 saturated heterocycles. The van der Waals surface area contributed by atoms with E-state index >= 15 is 0 Å². The predicted molar refractivity (Wildman–Crippen MR) is 133 cm³/mol. The number of anilines is 1. The van der Waals surface area contributed by atoms with E-state index in [9.17, 15) is 9.59 Å². The number of benzene rings is 2. The van der Waals surface area contributed by atoms with E-state index in [1.807, 2.05) is 17.0 Å². The van der Waals surface area contributed by atoms with Crippen molar-refractivity contribution in [2.75, 3.05) is 31.1 Å². The molecule has 3 aliphatic heterocycles. The van der Waals surface area contributed by atoms with Gasteiger partial charge >= 0.3 is 0 Å². The van der Waals surface area contributed by atoms with Gasteiger partial charge < -0.3 is 9.80 Å². The Bertz CT molecular complexity index is 1020. The lowest BCUT2D eigenvalue weighted by molar-refractivity contribution is -0.119. The fraction of sp³-hybridized carbons (Fsp3) is 0.500. The molecule has 5 rings (SSSR count). The summed E-state index contributed by atoms with van der Waals surface area (Å²) in [7, 11) is 0. The maximum Gasteiger partial charge on any atom is 0.227 e. The first-order valence-electron chi connectivity index (χ1n) is 12.5. The zero-order valence-corrected chi connectivity index (χ0v) is 20.1. The molecule has 1 amide bonds. The fourth-order valence-electron chi connectivity index (χ4n) is 5.77. The van der Waals surface area contributed by atoms with E-state index in [1.165, 1.54) is 29.5 Å². The van der Waals surface area contributed by atoms with Crippen LogP contribution in [0.2, 0.25) is 5.02 Å². The van der Waals surface area contributed by atoms with Crippen molar-refractivity contribution in [3.8, 4) is 0 Å². The third-order valence-electron chi connectivity index (χ3n) is 7.69. The molecule has 174 valence electrons. The first-order valence-corrected chi connectivity index (χ1v) is 12.9. The summed E-state index contributed by atoms with van der Waals surface area (Å²) in [4.78, 5) is 29.8. The van der Waals surface area contributed by atoms with Gasteiger partial charge in [-0.3, -0.25) is 9.59 Å². The van der Waals surface area contributed by atoms with Gasteiger partial charge in [-0.25, -0.2) is 0 Å². The molecule has 33 heavy (non-hydrogen) atoms. The summed E-state index contributed by atoms with van der Waals surface area (Å²) in [6, 6.07) is 12.3. The van der Waals surface area contributed by atoms with Gasteiger partial charge in [0, 0.05) is 36.5 Å². The van der Waals surface area contributed by atoms with Crippen molar-refractivity contribution in [3.05, 3.63) is 63.7 Å². The van der Waals surface area contributed by atoms with Crippen LogP contribution in [-0.4, -0.2) is 42.8 Å². The number of piperidine rings is 1. The molecule has 5 heteroatoms. The summed E-state index contributed by atoms with van der Waals surface area (Å²) >= 11 is 6.10. The summed E-state index contributed by atoms with van der Waals surface area (Å²) in [6.07, 6.45) is 8.31. The number of halogens is 1. The summed E-state index contributed by atoms with van der Waals surface area (Å²) in [6.45, 7) is 4.13. The Morgan fingerprint density at radius 2 is 1.79 bits per heavy atom. The van der Waals surface area contributed by atoms with Crippen LogP contribution in [0.1, 0.15) is 65.6 Å². The number of hydrogen-bond donors (Lipinski definition) is 0. The van der Waals surface area contributed by atoms with Gasteiger partial charge in [-0.15, -0.1) is 0 Å². The van der Waals surface area contributed by atoms with Crippen LogP contribution in [0.5, 0.6) is 0 Å². The SMILES string of the molecule is O=C(CCC1CCN(CCc2cccc(Cl)c2)CC1)c1cc2c3c(c1)CCC(=O)N3CCC2. The molecule has 0 bridgehead atoms. The number of carbonyl (C=O) groups excluding carboxylic acids is 2. The summed E-state index contributed by atoms with van der Waals surface area (Å²) in [5.41, 5.74) is 5.66. The Morgan fingerprint density at radius 1 is 1.00 bits per heavy atom. The normalized spacial score (nSPS) is 18.9. The molecule has 1 fully saturated rings. The molecule has 3 aliphatic rings. The molecule has 0 unspecified atom stereocenters. The molecule has 3 heterocycles. The smallest absolute Gasteiger partial charge is 0.227 e. The van der Waals surface area contributed by atoms with E-state index in [4.69, 9.17) is 11.6 Å². The van der Waals surface area contributed by atoms with E-state index in [1.54, 1.807) is 0 Å². The fourth-order valence-corrected chi connectivity index (χ4v) is 5.99. The van der Waals surface area contributed by atoms with Gasteiger partial charge in [-0.2, -0.15) is 0 Å². The summed E-state index contributed by atoms with van der Waals surface area (Å²) in [5.74, 6) is 1.15. The number of amides is 1. The van der Waals surface area contributed by atoms with Crippen molar-refractivity contribution >= 4 is 29.0 Å². The number of Topliss-reactive ketones (excluding diaryl/α,β-unsaturated/α-hetero) is 1. The van der Waals surface area contributed by atoms with Gasteiger partial charge in [0.05, 0.1) is 5.69 Å². The van der Waals surface area contributed by atoms with Gasteiger partial charge in [0.2, 0.25) is 5.91 Å². The number of rotatable bonds is 7. The van der Waals surface area contributed by atoms with Crippen LogP contribution < -0.4 is 4.90 Å². The number of carbonyl (C=O) groups is 2. The molecule has 0 N–H and O–H groups in total. The highest BCUT2D eigenvalue weighted by atomic mass is 35.5. The number of ketones is 1. The number of hydrogen-bond acceptors (Lipinski definition) is 3. The van der Waals surface area contributed by atoms with Crippen molar-refractivity contribution in [1.82, 2.24) is 4.90 Å². The molecule has 0 aliphatic carbocycles. The Morgan fingerprint density at radius 3 is 2.58 bits per heavy atom. The molecular formula is C28H33ClN2O2. The molecule has 4 nitrogen and oxygen atoms in total. The lowest BCUT2D eigenvalue weighted by atomic mass is 9.87. The second-order valence-electron chi connectivity index (χ2n) is 9.92. The quantitative estimate of drug-likeness (QED) is 0.509. The molecule has 0 radical (unpaired) electrons. The summed E-state index contributed by atoms with van der Waals surface area (Å²) in [5, 5.41) is 0.810. The van der Waals surface area contributed by atoms with Crippen molar-refractivity contribution in [1.29, 1.82) is 0 Å². The molecule has 2 aromatic carbocycles. The van der Waals surface area contributed by atoms with Gasteiger partial charge in [0.1, 0.15) is 0 Å². The van der Waals surface area contributed by atoms with Crippen LogP contribution in [-0.2, 0) is 24.1 Å². The zero-order valence-electron chi connectivity index (χ0n) is 19.3. The highest BCUT2D eigenvalue weighted by Gasteiger charge is 2.30. The maximum absolute atomic E-state index is 13.1. The third kappa shape index (κ3) is 5.17. The lowest BCUT2D eigenvalue weighted by Crippen LogP contribution is -2.39. The van der Waals surface area contributed by atoms with Crippen LogP contribution in [0, 0.1) is 5.92 Å². The zero-order chi connectivity index (χ0) is 22.8. The lowest BCUT2D eigenvalue weighted by Gasteiger charge is -2.35. The Hall–Kier alpha value is -2.17. The van der Waals surface area contributed by atoms with Crippen molar-refractivity contribution < 1.29 is 9.59 Å². The van der Waals surface area contributed by atoms with E-state index in [-0.39, 0.29) is 11.7 Å². The Balaban J connectivity index is 1.12. The number of nitrogens with zero attached hydrogens (tertiary/aromatic N) is 2. The first kappa shape index (κ1) is 22.6. The summed E-state index contributed by atoms with van der Waals surface area (Å²) < 4.78 is 0. The van der Waals surface area contributed by atoms with E-state index in [2.05, 4.69) is 29.2 Å². The molecule has 0 aromatic heterocycles. The second-order valence-corrected chi connectivity index (χ2v) is 10.4. The Kier molecular flexibility index (Phi) is 6.84. The van der Waals surface area contributed by atoms with E-state index in [0.717, 1.165) is 74.6 Å². The minimum Gasteiger partial charge on any atom is -0.312 e. The molecular weight excluding hydrogens is 432 g/mol. The number of likely N-dealkylation sites (tertiary alicyclic amines) is 1. The predicted octanol–water partition coefficient (Wildman–Crippen LogP) is 5.48. The highest BCUT2D eigenvalue weighted by molar-refractivity contribution is 6.30. The molecule has 0 spiro atoms. The largest absolute Gasteiger partial charge is 0.312 e. The van der Waals surface area contributed by atoms with Crippen molar-refractivity contribution in [3.63, 3.8) is 0 Å². The molecule has 2 aromatic rings. The van der Waals surface area contributed by atoms with Gasteiger partial charge in [0.25, 0.3) is 0 Å². The topological polar surface area (TPSA) is 40.6 Å². The number of aryl methyl sites for hydroxylation is 2. The maximum atomic E-state index is 13.1. The average molecular weight is 465 g/mol. The molecule has 0 atom stereocenters. The van der Waals surface area contributed by atoms with E-state index < -0.39 is 0 Å². The van der Waals surface area contributed by atoms with Gasteiger partial charge in [-0.05, 0) is 105 Å². The van der Waals surface area contributed by atoms with Crippen LogP contribution in [0.3, 0.4) is 0 Å². The van der Waals surface area contributed by atoms with E-state index in [0.29, 0.717) is 18.8 Å². The standard InChI is InChI=1S/C28H33ClN2O2/c29-25-5-1-3-21(17-25)12-16-30-14-10-20(11-15-30)6-8-26(32)24-18-22-4-2-13-31-27(33)9-7-23(19-24)28(22)31/h1,3,5,17-20H,2,4,6-16H2. The first-order chi connectivity index (χ1) is 16.1. The van der Waals surface area contributed by atoms with Crippen LogP contribution in [0.4, 0.5) is 5.69 Å². The van der Waals surface area contributed by atoms with Crippen LogP contribution in [0.15, 0.2) is 36.4 Å². The van der Waals surface area contributed by atoms with Gasteiger partial charge in [-0.1, -0.05) is 23.7 Å². The second kappa shape index (κ2) is 9.99. The van der Waals surface area contributed by atoms with Gasteiger partial charge in [0.15, 0.2) is 5.78 Å². The monoisotopic (exact) mass is 464 g/mol. The minimum absolute atomic E-state index is 0.237. The van der Waals surface area contributed by atoms with Crippen LogP contribution in [0.25, 0.3) is 0 Å². The highest BCUT2D eigenvalue weighted by Crippen LogP contribution is 2.37. The average Bonchev–Trinajstić information content (AvgIpc) is 2.84. The molecule has 0 saturated carbocycles. The third-order valence-corrected chi connectivity index (χ3v) is 7.92. The van der Waals surface area contributed by atoms with Crippen LogP contribution >= 0.6 is 11.6 Å². The van der Waals surface area contributed by atoms with Crippen molar-refractivity contribution in [2.45, 2.75) is 57.8 Å². The Labute approximate surface area is 201 Å². The minimum atomic E-state index is 0.237.